The molecule has 1 aliphatic heterocycles. The maximum Gasteiger partial charge on any atom is 0.338 e. The van der Waals surface area contributed by atoms with E-state index >= 15 is 0 Å². The quantitative estimate of drug-likeness (QED) is 0.300. The maximum atomic E-state index is 13.7. The zero-order valence-electron chi connectivity index (χ0n) is 22.1. The van der Waals surface area contributed by atoms with Crippen molar-refractivity contribution in [3.8, 4) is 17.1 Å². The van der Waals surface area contributed by atoms with Crippen molar-refractivity contribution in [1.29, 1.82) is 0 Å². The molecule has 0 radical (unpaired) electrons. The van der Waals surface area contributed by atoms with Gasteiger partial charge in [-0.25, -0.2) is 19.5 Å². The maximum absolute atomic E-state index is 13.7. The van der Waals surface area contributed by atoms with Gasteiger partial charge in [0.1, 0.15) is 5.69 Å². The summed E-state index contributed by atoms with van der Waals surface area (Å²) in [6.07, 6.45) is 7.14. The van der Waals surface area contributed by atoms with Crippen molar-refractivity contribution in [1.82, 2.24) is 29.1 Å². The number of hydrogen-bond donors (Lipinski definition) is 0. The lowest BCUT2D eigenvalue weighted by Crippen LogP contribution is -2.39. The summed E-state index contributed by atoms with van der Waals surface area (Å²) in [6, 6.07) is 16.5. The van der Waals surface area contributed by atoms with E-state index in [1.807, 2.05) is 78.5 Å². The summed E-state index contributed by atoms with van der Waals surface area (Å²) in [5.41, 5.74) is 4.78. The third kappa shape index (κ3) is 4.50. The summed E-state index contributed by atoms with van der Waals surface area (Å²) in [5.74, 6) is -0.470. The lowest BCUT2D eigenvalue weighted by Gasteiger charge is -2.24. The Morgan fingerprint density at radius 3 is 2.60 bits per heavy atom. The summed E-state index contributed by atoms with van der Waals surface area (Å²) < 4.78 is 11.0. The van der Waals surface area contributed by atoms with E-state index in [1.165, 1.54) is 11.3 Å². The van der Waals surface area contributed by atoms with Gasteiger partial charge in [0.25, 0.3) is 5.56 Å². The first kappa shape index (κ1) is 25.4. The topological polar surface area (TPSA) is 109 Å². The first-order valence-corrected chi connectivity index (χ1v) is 13.5. The molecule has 200 valence electrons. The molecule has 3 aromatic heterocycles. The minimum atomic E-state index is -0.623. The standard InChI is InChI=1S/C29H25N7O3S/c1-4-39-28(38)25-18(2)31-29-36(26(25)20-8-6-5-7-9-20)27(37)24(40-29)14-19-10-12-21(13-11-19)35-16-22(32-33-35)23-15-30-17-34(23)3/h5-17,26H,4H2,1-3H3/b24-14-. The first-order valence-electron chi connectivity index (χ1n) is 12.7. The number of rotatable bonds is 6. The van der Waals surface area contributed by atoms with Crippen LogP contribution in [0.4, 0.5) is 0 Å². The number of esters is 1. The fraction of sp³-hybridized carbons (Fsp3) is 0.172. The van der Waals surface area contributed by atoms with Gasteiger partial charge in [-0.3, -0.25) is 9.36 Å². The van der Waals surface area contributed by atoms with Gasteiger partial charge in [0.15, 0.2) is 4.80 Å². The lowest BCUT2D eigenvalue weighted by molar-refractivity contribution is -0.139. The van der Waals surface area contributed by atoms with Gasteiger partial charge in [-0.15, -0.1) is 5.10 Å². The fourth-order valence-corrected chi connectivity index (χ4v) is 5.77. The molecular formula is C29H25N7O3S. The number of allylic oxidation sites excluding steroid dienone is 1. The number of benzene rings is 2. The Labute approximate surface area is 232 Å². The number of carbonyl (C=O) groups is 1. The van der Waals surface area contributed by atoms with Crippen LogP contribution >= 0.6 is 11.3 Å². The number of imidazole rings is 1. The van der Waals surface area contributed by atoms with Crippen molar-refractivity contribution < 1.29 is 9.53 Å². The molecule has 0 aliphatic carbocycles. The summed E-state index contributed by atoms with van der Waals surface area (Å²) in [7, 11) is 1.90. The van der Waals surface area contributed by atoms with Gasteiger partial charge in [0, 0.05) is 7.05 Å². The number of hydrogen-bond acceptors (Lipinski definition) is 8. The number of aryl methyl sites for hydroxylation is 1. The number of nitrogens with zero attached hydrogens (tertiary/aromatic N) is 7. The van der Waals surface area contributed by atoms with E-state index < -0.39 is 12.0 Å². The van der Waals surface area contributed by atoms with E-state index in [4.69, 9.17) is 4.74 Å². The van der Waals surface area contributed by atoms with Crippen molar-refractivity contribution in [3.05, 3.63) is 115 Å². The monoisotopic (exact) mass is 551 g/mol. The fourth-order valence-electron chi connectivity index (χ4n) is 4.73. The first-order chi connectivity index (χ1) is 19.4. The van der Waals surface area contributed by atoms with Crippen LogP contribution < -0.4 is 14.9 Å². The van der Waals surface area contributed by atoms with Crippen molar-refractivity contribution >= 4 is 23.4 Å². The minimum Gasteiger partial charge on any atom is -0.463 e. The molecule has 1 aliphatic rings. The Morgan fingerprint density at radius 1 is 1.12 bits per heavy atom. The van der Waals surface area contributed by atoms with E-state index in [-0.39, 0.29) is 12.2 Å². The average molecular weight is 552 g/mol. The van der Waals surface area contributed by atoms with Gasteiger partial charge in [-0.05, 0) is 43.2 Å². The Kier molecular flexibility index (Phi) is 6.56. The van der Waals surface area contributed by atoms with E-state index in [0.717, 1.165) is 28.2 Å². The van der Waals surface area contributed by atoms with E-state index in [2.05, 4.69) is 20.3 Å². The molecule has 0 amide bonds. The molecule has 0 saturated heterocycles. The predicted molar refractivity (Wildman–Crippen MR) is 150 cm³/mol. The lowest BCUT2D eigenvalue weighted by atomic mass is 9.96. The molecular weight excluding hydrogens is 526 g/mol. The highest BCUT2D eigenvalue weighted by atomic mass is 32.1. The van der Waals surface area contributed by atoms with Gasteiger partial charge in [-0.1, -0.05) is 59.0 Å². The van der Waals surface area contributed by atoms with Crippen LogP contribution in [0, 0.1) is 0 Å². The molecule has 6 rings (SSSR count). The summed E-state index contributed by atoms with van der Waals surface area (Å²) >= 11 is 1.30. The Morgan fingerprint density at radius 2 is 1.90 bits per heavy atom. The molecule has 0 spiro atoms. The Hall–Kier alpha value is -4.90. The van der Waals surface area contributed by atoms with Crippen LogP contribution in [0.5, 0.6) is 0 Å². The van der Waals surface area contributed by atoms with Crippen LogP contribution in [0.15, 0.2) is 94.4 Å². The van der Waals surface area contributed by atoms with Gasteiger partial charge >= 0.3 is 5.97 Å². The van der Waals surface area contributed by atoms with Crippen LogP contribution in [0.25, 0.3) is 23.2 Å². The highest BCUT2D eigenvalue weighted by Crippen LogP contribution is 2.30. The number of aromatic nitrogens is 6. The largest absolute Gasteiger partial charge is 0.463 e. The van der Waals surface area contributed by atoms with E-state index in [0.29, 0.717) is 20.6 Å². The minimum absolute atomic E-state index is 0.215. The van der Waals surface area contributed by atoms with Crippen LogP contribution in [0.2, 0.25) is 0 Å². The molecule has 10 nitrogen and oxygen atoms in total. The normalized spacial score (nSPS) is 15.2. The summed E-state index contributed by atoms with van der Waals surface area (Å²) in [6.45, 7) is 3.77. The van der Waals surface area contributed by atoms with Gasteiger partial charge in [0.05, 0.1) is 58.6 Å². The van der Waals surface area contributed by atoms with Crippen LogP contribution in [0.1, 0.15) is 31.0 Å². The second-order valence-electron chi connectivity index (χ2n) is 9.24. The van der Waals surface area contributed by atoms with E-state index in [1.54, 1.807) is 35.6 Å². The Bertz CT molecular complexity index is 1930. The zero-order chi connectivity index (χ0) is 27.8. The molecule has 0 fully saturated rings. The smallest absolute Gasteiger partial charge is 0.338 e. The molecule has 5 aromatic rings. The molecule has 1 unspecified atom stereocenters. The SMILES string of the molecule is CCOC(=O)C1=C(C)N=c2s/c(=C\c3ccc(-n4cc(-c5cncn5C)nn4)cc3)c(=O)n2C1c1ccccc1. The average Bonchev–Trinajstić information content (AvgIpc) is 3.68. The number of ether oxygens (including phenoxy) is 1. The van der Waals surface area contributed by atoms with Crippen molar-refractivity contribution in [2.75, 3.05) is 6.61 Å². The van der Waals surface area contributed by atoms with Crippen LogP contribution in [-0.2, 0) is 16.6 Å². The molecule has 1 atom stereocenters. The highest BCUT2D eigenvalue weighted by molar-refractivity contribution is 7.07. The van der Waals surface area contributed by atoms with Crippen molar-refractivity contribution in [3.63, 3.8) is 0 Å². The number of fused-ring (bicyclic) bond motifs is 1. The zero-order valence-corrected chi connectivity index (χ0v) is 22.9. The molecule has 11 heteroatoms. The summed E-state index contributed by atoms with van der Waals surface area (Å²) in [5, 5.41) is 8.50. The molecule has 0 saturated carbocycles. The second kappa shape index (κ2) is 10.3. The second-order valence-corrected chi connectivity index (χ2v) is 10.3. The van der Waals surface area contributed by atoms with E-state index in [9.17, 15) is 9.59 Å². The van der Waals surface area contributed by atoms with Gasteiger partial charge in [-0.2, -0.15) is 0 Å². The van der Waals surface area contributed by atoms with Crippen LogP contribution in [0.3, 0.4) is 0 Å². The van der Waals surface area contributed by atoms with Crippen molar-refractivity contribution in [2.45, 2.75) is 19.9 Å². The van der Waals surface area contributed by atoms with Gasteiger partial charge < -0.3 is 9.30 Å². The highest BCUT2D eigenvalue weighted by Gasteiger charge is 2.33. The van der Waals surface area contributed by atoms with Crippen molar-refractivity contribution in [2.24, 2.45) is 12.0 Å². The molecule has 4 heterocycles. The molecule has 0 N–H and O–H groups in total. The third-order valence-electron chi connectivity index (χ3n) is 6.66. The molecule has 0 bridgehead atoms. The van der Waals surface area contributed by atoms with Crippen LogP contribution in [-0.4, -0.2) is 41.7 Å². The summed E-state index contributed by atoms with van der Waals surface area (Å²) in [4.78, 5) is 36.0. The van der Waals surface area contributed by atoms with Gasteiger partial charge in [0.2, 0.25) is 0 Å². The molecule has 2 aromatic carbocycles. The Balaban J connectivity index is 1.37. The molecule has 40 heavy (non-hydrogen) atoms. The number of thiazole rings is 1. The third-order valence-corrected chi connectivity index (χ3v) is 7.64. The number of carbonyl (C=O) groups excluding carboxylic acids is 1. The predicted octanol–water partition coefficient (Wildman–Crippen LogP) is 2.78.